The first-order chi connectivity index (χ1) is 9.56. The highest BCUT2D eigenvalue weighted by Gasteiger charge is 2.11. The fraction of sp³-hybridized carbons (Fsp3) is 0.200. The zero-order valence-corrected chi connectivity index (χ0v) is 11.9. The Morgan fingerprint density at radius 1 is 1.45 bits per heavy atom. The number of nitrogens with two attached hydrogens (primary N) is 1. The zero-order chi connectivity index (χ0) is 14.5. The minimum Gasteiger partial charge on any atom is -0.399 e. The van der Waals surface area contributed by atoms with Crippen molar-refractivity contribution in [2.24, 2.45) is 5.73 Å². The van der Waals surface area contributed by atoms with E-state index in [4.69, 9.17) is 17.3 Å². The van der Waals surface area contributed by atoms with Gasteiger partial charge in [0, 0.05) is 22.5 Å². The SMILES string of the molecule is CC/C=C/C1C=C(N)C=C(Nc2cc(F)cc(Cl)c2)N1. The van der Waals surface area contributed by atoms with E-state index in [0.717, 1.165) is 6.42 Å². The number of hydrogen-bond acceptors (Lipinski definition) is 3. The predicted molar refractivity (Wildman–Crippen MR) is 81.7 cm³/mol. The maximum atomic E-state index is 13.3. The molecule has 1 aliphatic heterocycles. The van der Waals surface area contributed by atoms with Crippen LogP contribution in [-0.2, 0) is 0 Å². The van der Waals surface area contributed by atoms with Crippen molar-refractivity contribution >= 4 is 17.3 Å². The number of hydrogen-bond donors (Lipinski definition) is 3. The molecule has 0 bridgehead atoms. The van der Waals surface area contributed by atoms with E-state index in [2.05, 4.69) is 23.6 Å². The summed E-state index contributed by atoms with van der Waals surface area (Å²) < 4.78 is 13.3. The molecule has 0 amide bonds. The Balaban J connectivity index is 2.13. The van der Waals surface area contributed by atoms with E-state index in [1.54, 1.807) is 12.1 Å². The van der Waals surface area contributed by atoms with Gasteiger partial charge in [0.2, 0.25) is 0 Å². The molecule has 20 heavy (non-hydrogen) atoms. The van der Waals surface area contributed by atoms with Crippen LogP contribution in [0.4, 0.5) is 10.1 Å². The highest BCUT2D eigenvalue weighted by Crippen LogP contribution is 2.20. The third kappa shape index (κ3) is 4.03. The van der Waals surface area contributed by atoms with Gasteiger partial charge in [0.25, 0.3) is 0 Å². The Hall–Kier alpha value is -1.94. The van der Waals surface area contributed by atoms with Gasteiger partial charge in [0.1, 0.15) is 11.6 Å². The van der Waals surface area contributed by atoms with E-state index in [1.165, 1.54) is 12.1 Å². The second kappa shape index (κ2) is 6.48. The molecule has 4 N–H and O–H groups in total. The molecule has 0 radical (unpaired) electrons. The Labute approximate surface area is 123 Å². The molecule has 0 aromatic heterocycles. The average Bonchev–Trinajstić information content (AvgIpc) is 2.34. The molecule has 3 nitrogen and oxygen atoms in total. The number of benzene rings is 1. The molecule has 0 aliphatic carbocycles. The summed E-state index contributed by atoms with van der Waals surface area (Å²) >= 11 is 5.83. The molecule has 5 heteroatoms. The minimum absolute atomic E-state index is 0.0199. The van der Waals surface area contributed by atoms with Crippen LogP contribution in [0.3, 0.4) is 0 Å². The molecule has 2 rings (SSSR count). The fourth-order valence-electron chi connectivity index (χ4n) is 1.93. The van der Waals surface area contributed by atoms with Crippen LogP contribution >= 0.6 is 11.6 Å². The lowest BCUT2D eigenvalue weighted by Crippen LogP contribution is -2.32. The fourth-order valence-corrected chi connectivity index (χ4v) is 2.15. The van der Waals surface area contributed by atoms with Gasteiger partial charge >= 0.3 is 0 Å². The molecule has 106 valence electrons. The molecule has 1 aromatic carbocycles. The van der Waals surface area contributed by atoms with E-state index in [9.17, 15) is 4.39 Å². The molecule has 0 saturated heterocycles. The van der Waals surface area contributed by atoms with Crippen molar-refractivity contribution in [3.63, 3.8) is 0 Å². The predicted octanol–water partition coefficient (Wildman–Crippen LogP) is 3.51. The van der Waals surface area contributed by atoms with Crippen molar-refractivity contribution < 1.29 is 4.39 Å². The second-order valence-electron chi connectivity index (χ2n) is 4.51. The smallest absolute Gasteiger partial charge is 0.126 e. The van der Waals surface area contributed by atoms with E-state index >= 15 is 0 Å². The number of dihydropyridines is 1. The summed E-state index contributed by atoms with van der Waals surface area (Å²) in [6, 6.07) is 4.31. The van der Waals surface area contributed by atoms with Crippen LogP contribution in [0.15, 0.2) is 54.0 Å². The number of allylic oxidation sites excluding steroid dienone is 2. The third-order valence-corrected chi connectivity index (χ3v) is 2.94. The second-order valence-corrected chi connectivity index (χ2v) is 4.95. The van der Waals surface area contributed by atoms with E-state index in [1.807, 2.05) is 12.2 Å². The lowest BCUT2D eigenvalue weighted by atomic mass is 10.1. The summed E-state index contributed by atoms with van der Waals surface area (Å²) in [6.45, 7) is 2.07. The normalized spacial score (nSPS) is 18.4. The van der Waals surface area contributed by atoms with Crippen LogP contribution in [0.25, 0.3) is 0 Å². The van der Waals surface area contributed by atoms with Gasteiger partial charge in [-0.25, -0.2) is 4.39 Å². The highest BCUT2D eigenvalue weighted by atomic mass is 35.5. The summed E-state index contributed by atoms with van der Waals surface area (Å²) in [5, 5.41) is 6.66. The maximum Gasteiger partial charge on any atom is 0.126 e. The molecule has 1 heterocycles. The first-order valence-corrected chi connectivity index (χ1v) is 6.80. The van der Waals surface area contributed by atoms with Gasteiger partial charge in [-0.2, -0.15) is 0 Å². The van der Waals surface area contributed by atoms with Gasteiger partial charge < -0.3 is 16.4 Å². The number of anilines is 1. The number of nitrogens with one attached hydrogen (secondary N) is 2. The highest BCUT2D eigenvalue weighted by molar-refractivity contribution is 6.30. The van der Waals surface area contributed by atoms with Gasteiger partial charge in [-0.3, -0.25) is 0 Å². The van der Waals surface area contributed by atoms with Gasteiger partial charge in [-0.1, -0.05) is 30.7 Å². The first-order valence-electron chi connectivity index (χ1n) is 6.42. The van der Waals surface area contributed by atoms with Crippen molar-refractivity contribution in [2.75, 3.05) is 5.32 Å². The van der Waals surface area contributed by atoms with Crippen LogP contribution in [0.5, 0.6) is 0 Å². The maximum absolute atomic E-state index is 13.3. The van der Waals surface area contributed by atoms with Crippen molar-refractivity contribution in [3.05, 3.63) is 64.9 Å². The largest absolute Gasteiger partial charge is 0.399 e. The van der Waals surface area contributed by atoms with Crippen LogP contribution in [0.1, 0.15) is 13.3 Å². The van der Waals surface area contributed by atoms with E-state index in [0.29, 0.717) is 22.2 Å². The lowest BCUT2D eigenvalue weighted by Gasteiger charge is -2.22. The van der Waals surface area contributed by atoms with Crippen molar-refractivity contribution in [1.82, 2.24) is 5.32 Å². The van der Waals surface area contributed by atoms with Crippen molar-refractivity contribution in [2.45, 2.75) is 19.4 Å². The zero-order valence-electron chi connectivity index (χ0n) is 11.2. The first kappa shape index (κ1) is 14.5. The number of rotatable bonds is 4. The Bertz CT molecular complexity index is 558. The molecule has 1 aliphatic rings. The Kier molecular flexibility index (Phi) is 4.69. The van der Waals surface area contributed by atoms with Gasteiger partial charge in [0.15, 0.2) is 0 Å². The minimum atomic E-state index is -0.387. The van der Waals surface area contributed by atoms with E-state index in [-0.39, 0.29) is 11.9 Å². The van der Waals surface area contributed by atoms with Crippen LogP contribution in [-0.4, -0.2) is 6.04 Å². The summed E-state index contributed by atoms with van der Waals surface area (Å²) in [6.07, 6.45) is 8.71. The van der Waals surface area contributed by atoms with Crippen LogP contribution in [0, 0.1) is 5.82 Å². The molecular formula is C15H17ClFN3. The molecule has 1 atom stereocenters. The van der Waals surface area contributed by atoms with Gasteiger partial charge in [-0.05, 0) is 30.7 Å². The summed E-state index contributed by atoms with van der Waals surface area (Å²) in [7, 11) is 0. The molecular weight excluding hydrogens is 277 g/mol. The van der Waals surface area contributed by atoms with Crippen LogP contribution in [0.2, 0.25) is 5.02 Å². The number of halogens is 2. The average molecular weight is 294 g/mol. The lowest BCUT2D eigenvalue weighted by molar-refractivity contribution is 0.628. The molecule has 1 unspecified atom stereocenters. The quantitative estimate of drug-likeness (QED) is 0.745. The van der Waals surface area contributed by atoms with Crippen LogP contribution < -0.4 is 16.4 Å². The Morgan fingerprint density at radius 3 is 2.95 bits per heavy atom. The van der Waals surface area contributed by atoms with Crippen molar-refractivity contribution in [1.29, 1.82) is 0 Å². The third-order valence-electron chi connectivity index (χ3n) is 2.73. The summed E-state index contributed by atoms with van der Waals surface area (Å²) in [4.78, 5) is 0. The molecule has 0 spiro atoms. The van der Waals surface area contributed by atoms with Gasteiger partial charge in [0.05, 0.1) is 6.04 Å². The molecule has 0 saturated carbocycles. The van der Waals surface area contributed by atoms with Gasteiger partial charge in [-0.15, -0.1) is 0 Å². The molecule has 1 aromatic rings. The summed E-state index contributed by atoms with van der Waals surface area (Å²) in [5.41, 5.74) is 7.09. The summed E-state index contributed by atoms with van der Waals surface area (Å²) in [5.74, 6) is 0.319. The van der Waals surface area contributed by atoms with E-state index < -0.39 is 0 Å². The van der Waals surface area contributed by atoms with Crippen molar-refractivity contribution in [3.8, 4) is 0 Å². The standard InChI is InChI=1S/C15H17ClFN3/c1-2-3-4-13-8-12(18)9-15(19-13)20-14-6-10(16)5-11(17)7-14/h3-9,13,19-20H,2,18H2,1H3/b4-3+. The monoisotopic (exact) mass is 293 g/mol. The Morgan fingerprint density at radius 2 is 2.25 bits per heavy atom. The molecule has 0 fully saturated rings. The topological polar surface area (TPSA) is 50.1 Å².